The number of nitrogens with zero attached hydrogens (tertiary/aromatic N) is 1. The number of hydrogen-bond donors (Lipinski definition) is 2. The maximum Gasteiger partial charge on any atom is 0.265 e. The molecule has 2 aliphatic heterocycles. The molecule has 4 rings (SSSR count). The van der Waals surface area contributed by atoms with E-state index in [1.807, 2.05) is 12.2 Å². The predicted molar refractivity (Wildman–Crippen MR) is 125 cm³/mol. The summed E-state index contributed by atoms with van der Waals surface area (Å²) >= 11 is 3.40. The average Bonchev–Trinajstić information content (AvgIpc) is 3.25. The molecule has 2 N–H and O–H groups in total. The van der Waals surface area contributed by atoms with Crippen LogP contribution >= 0.6 is 23.5 Å². The third kappa shape index (κ3) is 4.62. The summed E-state index contributed by atoms with van der Waals surface area (Å²) in [6.07, 6.45) is 8.29. The molecule has 0 saturated carbocycles. The Morgan fingerprint density at radius 3 is 2.66 bits per heavy atom. The van der Waals surface area contributed by atoms with Crippen LogP contribution in [0.1, 0.15) is 12.8 Å². The predicted octanol–water partition coefficient (Wildman–Crippen LogP) is 2.59. The van der Waals surface area contributed by atoms with E-state index in [4.69, 9.17) is 14.7 Å². The fourth-order valence-corrected chi connectivity index (χ4v) is 8.00. The molecule has 0 aromatic heterocycles. The molecule has 0 spiro atoms. The molecule has 1 saturated heterocycles. The molecule has 172 valence electrons. The minimum Gasteiger partial charge on any atom is -0.493 e. The molecule has 2 heterocycles. The van der Waals surface area contributed by atoms with Crippen molar-refractivity contribution in [3.63, 3.8) is 0 Å². The maximum atomic E-state index is 13.2. The lowest BCUT2D eigenvalue weighted by Gasteiger charge is -2.34. The number of allylic oxidation sites excluding steroid dienone is 2. The van der Waals surface area contributed by atoms with Crippen molar-refractivity contribution in [2.24, 2.45) is 4.99 Å². The van der Waals surface area contributed by atoms with E-state index in [-0.39, 0.29) is 37.0 Å². The number of carbonyl (C=O) groups excluding carboxylic acids is 1. The Bertz CT molecular complexity index is 1030. The topological polar surface area (TPSA) is 114 Å². The van der Waals surface area contributed by atoms with E-state index in [2.05, 4.69) is 17.1 Å². The van der Waals surface area contributed by atoms with Gasteiger partial charge in [0.25, 0.3) is 5.91 Å². The van der Waals surface area contributed by atoms with E-state index in [1.165, 1.54) is 17.6 Å². The molecule has 1 aliphatic carbocycles. The van der Waals surface area contributed by atoms with Gasteiger partial charge in [-0.05, 0) is 37.1 Å². The molecule has 0 radical (unpaired) electrons. The maximum absolute atomic E-state index is 13.2. The number of nitrogens with one attached hydrogen (secondary N) is 1. The Hall–Kier alpha value is -1.79. The van der Waals surface area contributed by atoms with Gasteiger partial charge in [0.15, 0.2) is 14.6 Å². The van der Waals surface area contributed by atoms with Crippen molar-refractivity contribution in [2.75, 3.05) is 25.6 Å². The highest BCUT2D eigenvalue weighted by Gasteiger charge is 2.52. The number of hydrogen-bond acceptors (Lipinski definition) is 9. The lowest BCUT2D eigenvalue weighted by atomic mass is 9.98. The smallest absolute Gasteiger partial charge is 0.265 e. The monoisotopic (exact) mass is 496 g/mol. The standard InChI is InChI=1S/C21H24N2O6S3/c24-19(23-25)21(9-11-28-12-10-21)32(26,27)16-7-5-15(6-8-16)29-13-14-30-20-22-17-3-1-2-4-18(17)31-20/h1-8,17-18,25H,9-14H2,(H,23,24). The second-order valence-electron chi connectivity index (χ2n) is 7.46. The number of rotatable bonds is 7. The minimum atomic E-state index is -4.04. The van der Waals surface area contributed by atoms with Gasteiger partial charge in [-0.2, -0.15) is 0 Å². The van der Waals surface area contributed by atoms with Gasteiger partial charge in [0.1, 0.15) is 10.1 Å². The van der Waals surface area contributed by atoms with Crippen molar-refractivity contribution in [1.82, 2.24) is 5.48 Å². The Morgan fingerprint density at radius 1 is 1.25 bits per heavy atom. The van der Waals surface area contributed by atoms with Gasteiger partial charge < -0.3 is 9.47 Å². The zero-order valence-electron chi connectivity index (χ0n) is 17.2. The highest BCUT2D eigenvalue weighted by molar-refractivity contribution is 8.39. The Balaban J connectivity index is 1.34. The Kier molecular flexibility index (Phi) is 7.30. The van der Waals surface area contributed by atoms with Gasteiger partial charge in [0.05, 0.1) is 22.8 Å². The van der Waals surface area contributed by atoms with Gasteiger partial charge in [-0.15, -0.1) is 0 Å². The van der Waals surface area contributed by atoms with E-state index in [0.717, 1.165) is 10.1 Å². The van der Waals surface area contributed by atoms with Crippen molar-refractivity contribution in [3.05, 3.63) is 48.6 Å². The second kappa shape index (κ2) is 10.0. The second-order valence-corrected chi connectivity index (χ2v) is 12.2. The van der Waals surface area contributed by atoms with E-state index < -0.39 is 20.5 Å². The first-order chi connectivity index (χ1) is 15.5. The van der Waals surface area contributed by atoms with Crippen molar-refractivity contribution in [3.8, 4) is 5.75 Å². The summed E-state index contributed by atoms with van der Waals surface area (Å²) in [5.74, 6) is 0.327. The molecule has 1 amide bonds. The van der Waals surface area contributed by atoms with Crippen LogP contribution in [0.15, 0.2) is 58.5 Å². The van der Waals surface area contributed by atoms with E-state index in [1.54, 1.807) is 35.7 Å². The van der Waals surface area contributed by atoms with Gasteiger partial charge >= 0.3 is 0 Å². The molecule has 2 unspecified atom stereocenters. The van der Waals surface area contributed by atoms with Crippen molar-refractivity contribution < 1.29 is 27.9 Å². The lowest BCUT2D eigenvalue weighted by Crippen LogP contribution is -2.54. The molecule has 11 heteroatoms. The van der Waals surface area contributed by atoms with Crippen LogP contribution in [0.4, 0.5) is 0 Å². The molecule has 2 atom stereocenters. The average molecular weight is 497 g/mol. The zero-order valence-corrected chi connectivity index (χ0v) is 19.6. The van der Waals surface area contributed by atoms with Crippen molar-refractivity contribution in [2.45, 2.75) is 33.8 Å². The number of amides is 1. The summed E-state index contributed by atoms with van der Waals surface area (Å²) in [6.45, 7) is 0.706. The van der Waals surface area contributed by atoms with Gasteiger partial charge in [0, 0.05) is 19.0 Å². The SMILES string of the molecule is O=C(NO)C1(S(=O)(=O)c2ccc(OCCSC3=NC4C=CC=CC4S3)cc2)CCOCC1. The summed E-state index contributed by atoms with van der Waals surface area (Å²) in [4.78, 5) is 17.0. The molecule has 1 aromatic carbocycles. The normalized spacial score (nSPS) is 24.0. The first kappa shape index (κ1) is 23.4. The number of hydroxylamine groups is 1. The van der Waals surface area contributed by atoms with E-state index in [0.29, 0.717) is 17.6 Å². The van der Waals surface area contributed by atoms with Crippen molar-refractivity contribution in [1.29, 1.82) is 0 Å². The van der Waals surface area contributed by atoms with Crippen LogP contribution in [-0.4, -0.2) is 65.5 Å². The van der Waals surface area contributed by atoms with E-state index >= 15 is 0 Å². The van der Waals surface area contributed by atoms with Crippen LogP contribution in [0.5, 0.6) is 5.75 Å². The number of ether oxygens (including phenoxy) is 2. The minimum absolute atomic E-state index is 0.00477. The summed E-state index contributed by atoms with van der Waals surface area (Å²) in [5, 5.41) is 9.50. The molecule has 1 fully saturated rings. The highest BCUT2D eigenvalue weighted by Crippen LogP contribution is 2.37. The molecule has 8 nitrogen and oxygen atoms in total. The fraction of sp³-hybridized carbons (Fsp3) is 0.429. The molecule has 0 bridgehead atoms. The third-order valence-electron chi connectivity index (χ3n) is 5.59. The quantitative estimate of drug-likeness (QED) is 0.336. The first-order valence-electron chi connectivity index (χ1n) is 10.2. The van der Waals surface area contributed by atoms with Gasteiger partial charge in [0.2, 0.25) is 0 Å². The van der Waals surface area contributed by atoms with Crippen LogP contribution in [0.25, 0.3) is 0 Å². The van der Waals surface area contributed by atoms with Gasteiger partial charge in [-0.1, -0.05) is 47.8 Å². The summed E-state index contributed by atoms with van der Waals surface area (Å²) < 4.78 is 36.7. The number of carbonyl (C=O) groups is 1. The molecule has 1 aromatic rings. The largest absolute Gasteiger partial charge is 0.493 e. The molecule has 32 heavy (non-hydrogen) atoms. The van der Waals surface area contributed by atoms with Crippen LogP contribution in [0.3, 0.4) is 0 Å². The first-order valence-corrected chi connectivity index (χ1v) is 13.5. The van der Waals surface area contributed by atoms with Crippen LogP contribution in [0, 0.1) is 0 Å². The van der Waals surface area contributed by atoms with Crippen LogP contribution in [-0.2, 0) is 19.4 Å². The molecule has 3 aliphatic rings. The van der Waals surface area contributed by atoms with E-state index in [9.17, 15) is 13.2 Å². The highest BCUT2D eigenvalue weighted by atomic mass is 32.2. The summed E-state index contributed by atoms with van der Waals surface area (Å²) in [6, 6.07) is 6.23. The third-order valence-corrected chi connectivity index (χ3v) is 10.5. The zero-order chi connectivity index (χ0) is 22.6. The van der Waals surface area contributed by atoms with Crippen LogP contribution < -0.4 is 10.2 Å². The summed E-state index contributed by atoms with van der Waals surface area (Å²) in [7, 11) is -4.04. The number of aliphatic imine (C=N–C) groups is 1. The summed E-state index contributed by atoms with van der Waals surface area (Å²) in [5.41, 5.74) is 1.52. The van der Waals surface area contributed by atoms with Crippen molar-refractivity contribution >= 4 is 43.6 Å². The van der Waals surface area contributed by atoms with Gasteiger partial charge in [-0.25, -0.2) is 13.9 Å². The fourth-order valence-electron chi connectivity index (χ4n) is 3.79. The number of benzene rings is 1. The number of sulfone groups is 1. The Morgan fingerprint density at radius 2 is 1.97 bits per heavy atom. The molecular formula is C21H24N2O6S3. The number of fused-ring (bicyclic) bond motifs is 1. The Labute approximate surface area is 195 Å². The van der Waals surface area contributed by atoms with Crippen LogP contribution in [0.2, 0.25) is 0 Å². The van der Waals surface area contributed by atoms with Gasteiger partial charge in [-0.3, -0.25) is 15.0 Å². The molecular weight excluding hydrogens is 472 g/mol. The number of thioether (sulfide) groups is 2. The lowest BCUT2D eigenvalue weighted by molar-refractivity contribution is -0.134.